The molecule has 1 aromatic rings. The largest absolute Gasteiger partial charge is 0.493 e. The summed E-state index contributed by atoms with van der Waals surface area (Å²) < 4.78 is 26.5. The molecule has 0 heterocycles. The maximum atomic E-state index is 12.4. The number of hydrogen-bond donors (Lipinski definition) is 0. The lowest BCUT2D eigenvalue weighted by atomic mass is 9.75. The average molecular weight is 408 g/mol. The smallest absolute Gasteiger partial charge is 0.344 e. The summed E-state index contributed by atoms with van der Waals surface area (Å²) in [5, 5.41) is 0. The topological polar surface area (TPSA) is 80.3 Å². The molecule has 7 heteroatoms. The number of carbonyl (C=O) groups is 2. The predicted molar refractivity (Wildman–Crippen MR) is 108 cm³/mol. The normalized spacial score (nSPS) is 21.4. The zero-order valence-corrected chi connectivity index (χ0v) is 18.2. The van der Waals surface area contributed by atoms with E-state index < -0.39 is 18.5 Å². The second-order valence-electron chi connectivity index (χ2n) is 7.84. The van der Waals surface area contributed by atoms with Crippen LogP contribution in [0.15, 0.2) is 12.1 Å². The van der Waals surface area contributed by atoms with Gasteiger partial charge < -0.3 is 23.7 Å². The van der Waals surface area contributed by atoms with Crippen LogP contribution in [0.1, 0.15) is 50.4 Å². The highest BCUT2D eigenvalue weighted by molar-refractivity contribution is 5.92. The molecule has 3 atom stereocenters. The Morgan fingerprint density at radius 2 is 1.66 bits per heavy atom. The molecule has 0 saturated heterocycles. The molecule has 0 bridgehead atoms. The maximum absolute atomic E-state index is 12.4. The first kappa shape index (κ1) is 22.8. The molecule has 0 amide bonds. The van der Waals surface area contributed by atoms with Crippen molar-refractivity contribution in [1.82, 2.24) is 0 Å². The monoisotopic (exact) mass is 408 g/mol. The first-order valence-corrected chi connectivity index (χ1v) is 9.97. The van der Waals surface area contributed by atoms with E-state index in [0.717, 1.165) is 19.3 Å². The highest BCUT2D eigenvalue weighted by Gasteiger charge is 2.33. The zero-order chi connectivity index (χ0) is 21.6. The number of esters is 2. The molecule has 1 saturated carbocycles. The number of hydrogen-bond acceptors (Lipinski definition) is 7. The van der Waals surface area contributed by atoms with Crippen LogP contribution in [0.5, 0.6) is 17.2 Å². The van der Waals surface area contributed by atoms with E-state index in [9.17, 15) is 9.59 Å². The van der Waals surface area contributed by atoms with E-state index in [1.54, 1.807) is 0 Å². The van der Waals surface area contributed by atoms with Gasteiger partial charge in [0, 0.05) is 0 Å². The standard InChI is InChI=1S/C22H32O7/c1-13(2)16-8-7-14(3)9-17(16)29-20(23)12-28-22(24)15-10-18(25-4)21(27-6)19(11-15)26-5/h10-11,13-14,16-17H,7-9,12H2,1-6H3/t14-,16+,17-/m1/s1. The molecule has 1 aliphatic rings. The second-order valence-corrected chi connectivity index (χ2v) is 7.84. The molecule has 29 heavy (non-hydrogen) atoms. The van der Waals surface area contributed by atoms with Gasteiger partial charge in [-0.1, -0.05) is 27.2 Å². The molecule has 1 aliphatic carbocycles. The fraction of sp³-hybridized carbons (Fsp3) is 0.636. The fourth-order valence-corrected chi connectivity index (χ4v) is 3.86. The van der Waals surface area contributed by atoms with E-state index in [1.807, 2.05) is 0 Å². The lowest BCUT2D eigenvalue weighted by Crippen LogP contribution is -2.36. The summed E-state index contributed by atoms with van der Waals surface area (Å²) in [6, 6.07) is 2.96. The lowest BCUT2D eigenvalue weighted by molar-refractivity contribution is -0.159. The van der Waals surface area contributed by atoms with Gasteiger partial charge in [0.05, 0.1) is 26.9 Å². The minimum absolute atomic E-state index is 0.133. The molecule has 0 radical (unpaired) electrons. The molecule has 7 nitrogen and oxygen atoms in total. The van der Waals surface area contributed by atoms with Crippen molar-refractivity contribution in [1.29, 1.82) is 0 Å². The third-order valence-electron chi connectivity index (χ3n) is 5.47. The summed E-state index contributed by atoms with van der Waals surface area (Å²) in [4.78, 5) is 24.7. The minimum Gasteiger partial charge on any atom is -0.493 e. The van der Waals surface area contributed by atoms with Gasteiger partial charge in [-0.3, -0.25) is 0 Å². The minimum atomic E-state index is -0.668. The fourth-order valence-electron chi connectivity index (χ4n) is 3.86. The number of rotatable bonds is 8. The summed E-state index contributed by atoms with van der Waals surface area (Å²) in [5.74, 6) is 1.12. The molecule has 1 aromatic carbocycles. The van der Waals surface area contributed by atoms with Gasteiger partial charge in [-0.2, -0.15) is 0 Å². The van der Waals surface area contributed by atoms with Gasteiger partial charge in [0.2, 0.25) is 5.75 Å². The van der Waals surface area contributed by atoms with Crippen LogP contribution in [0.2, 0.25) is 0 Å². The lowest BCUT2D eigenvalue weighted by Gasteiger charge is -2.36. The quantitative estimate of drug-likeness (QED) is 0.604. The SMILES string of the molecule is COc1cc(C(=O)OCC(=O)O[C@@H]2C[C@H](C)CC[C@H]2C(C)C)cc(OC)c1OC. The van der Waals surface area contributed by atoms with Gasteiger partial charge in [-0.05, 0) is 42.7 Å². The van der Waals surface area contributed by atoms with Crippen molar-refractivity contribution >= 4 is 11.9 Å². The summed E-state index contributed by atoms with van der Waals surface area (Å²) in [5.41, 5.74) is 0.193. The van der Waals surface area contributed by atoms with Crippen molar-refractivity contribution in [2.45, 2.75) is 46.1 Å². The van der Waals surface area contributed by atoms with Crippen molar-refractivity contribution in [2.24, 2.45) is 17.8 Å². The van der Waals surface area contributed by atoms with E-state index in [1.165, 1.54) is 33.5 Å². The van der Waals surface area contributed by atoms with Crippen molar-refractivity contribution in [3.63, 3.8) is 0 Å². The first-order chi connectivity index (χ1) is 13.8. The van der Waals surface area contributed by atoms with Crippen LogP contribution >= 0.6 is 0 Å². The van der Waals surface area contributed by atoms with Crippen LogP contribution in [0.25, 0.3) is 0 Å². The average Bonchev–Trinajstić information content (AvgIpc) is 2.70. The van der Waals surface area contributed by atoms with E-state index in [2.05, 4.69) is 20.8 Å². The second kappa shape index (κ2) is 10.4. The van der Waals surface area contributed by atoms with Crippen LogP contribution in [0.4, 0.5) is 0 Å². The molecule has 0 aliphatic heterocycles. The van der Waals surface area contributed by atoms with E-state index in [0.29, 0.717) is 35.0 Å². The highest BCUT2D eigenvalue weighted by atomic mass is 16.6. The number of ether oxygens (including phenoxy) is 5. The highest BCUT2D eigenvalue weighted by Crippen LogP contribution is 2.38. The molecular weight excluding hydrogens is 376 g/mol. The van der Waals surface area contributed by atoms with Crippen LogP contribution < -0.4 is 14.2 Å². The van der Waals surface area contributed by atoms with Gasteiger partial charge in [0.25, 0.3) is 0 Å². The Kier molecular flexibility index (Phi) is 8.17. The Bertz CT molecular complexity index is 688. The molecule has 162 valence electrons. The van der Waals surface area contributed by atoms with Crippen LogP contribution in [-0.4, -0.2) is 46.0 Å². The Balaban J connectivity index is 2.00. The van der Waals surface area contributed by atoms with Gasteiger partial charge >= 0.3 is 11.9 Å². The van der Waals surface area contributed by atoms with E-state index >= 15 is 0 Å². The summed E-state index contributed by atoms with van der Waals surface area (Å²) in [7, 11) is 4.39. The molecule has 0 aromatic heterocycles. The van der Waals surface area contributed by atoms with Crippen molar-refractivity contribution in [3.8, 4) is 17.2 Å². The number of methoxy groups -OCH3 is 3. The molecule has 0 unspecified atom stereocenters. The Labute approximate surface area is 172 Å². The molecule has 0 N–H and O–H groups in total. The van der Waals surface area contributed by atoms with Crippen LogP contribution in [0, 0.1) is 17.8 Å². The van der Waals surface area contributed by atoms with E-state index in [4.69, 9.17) is 23.7 Å². The van der Waals surface area contributed by atoms with Gasteiger partial charge in [-0.25, -0.2) is 9.59 Å². The third-order valence-corrected chi connectivity index (χ3v) is 5.47. The summed E-state index contributed by atoms with van der Waals surface area (Å²) in [6.07, 6.45) is 2.90. The Morgan fingerprint density at radius 1 is 1.03 bits per heavy atom. The van der Waals surface area contributed by atoms with E-state index in [-0.39, 0.29) is 11.7 Å². The Morgan fingerprint density at radius 3 is 2.17 bits per heavy atom. The van der Waals surface area contributed by atoms with Crippen molar-refractivity contribution < 1.29 is 33.3 Å². The van der Waals surface area contributed by atoms with Gasteiger partial charge in [0.1, 0.15) is 6.10 Å². The zero-order valence-electron chi connectivity index (χ0n) is 18.2. The molecule has 0 spiro atoms. The predicted octanol–water partition coefficient (Wildman–Crippen LogP) is 3.87. The summed E-state index contributed by atoms with van der Waals surface area (Å²) in [6.45, 7) is 6.02. The number of carbonyl (C=O) groups excluding carboxylic acids is 2. The number of benzene rings is 1. The molecule has 2 rings (SSSR count). The van der Waals surface area contributed by atoms with Crippen molar-refractivity contribution in [3.05, 3.63) is 17.7 Å². The Hall–Kier alpha value is -2.44. The van der Waals surface area contributed by atoms with Gasteiger partial charge in [-0.15, -0.1) is 0 Å². The van der Waals surface area contributed by atoms with Crippen molar-refractivity contribution in [2.75, 3.05) is 27.9 Å². The maximum Gasteiger partial charge on any atom is 0.344 e. The molecule has 1 fully saturated rings. The van der Waals surface area contributed by atoms with Gasteiger partial charge in [0.15, 0.2) is 18.1 Å². The van der Waals surface area contributed by atoms with Crippen LogP contribution in [0.3, 0.4) is 0 Å². The first-order valence-electron chi connectivity index (χ1n) is 9.97. The summed E-state index contributed by atoms with van der Waals surface area (Å²) >= 11 is 0. The third kappa shape index (κ3) is 5.78. The molecular formula is C22H32O7. The van der Waals surface area contributed by atoms with Crippen LogP contribution in [-0.2, 0) is 14.3 Å².